The van der Waals surface area contributed by atoms with Crippen LogP contribution >= 0.6 is 0 Å². The van der Waals surface area contributed by atoms with Crippen LogP contribution in [0.3, 0.4) is 0 Å². The maximum atomic E-state index is 3.79. The second-order valence-electron chi connectivity index (χ2n) is 6.74. The Morgan fingerprint density at radius 2 is 1.47 bits per heavy atom. The van der Waals surface area contributed by atoms with E-state index in [9.17, 15) is 0 Å². The van der Waals surface area contributed by atoms with Crippen LogP contribution in [0.15, 0.2) is 0 Å². The molecule has 0 aliphatic heterocycles. The van der Waals surface area contributed by atoms with E-state index in [1.54, 1.807) is 0 Å². The minimum Gasteiger partial charge on any atom is -0.314 e. The zero-order valence-corrected chi connectivity index (χ0v) is 10.9. The quantitative estimate of drug-likeness (QED) is 0.749. The highest BCUT2D eigenvalue weighted by Gasteiger charge is 2.63. The first-order chi connectivity index (χ1) is 6.96. The van der Waals surface area contributed by atoms with Crippen molar-refractivity contribution in [3.8, 4) is 0 Å². The minimum absolute atomic E-state index is 0.550. The number of nitrogens with one attached hydrogen (secondary N) is 1. The van der Waals surface area contributed by atoms with Crippen molar-refractivity contribution in [2.75, 3.05) is 6.54 Å². The normalized spacial score (nSPS) is 30.4. The fourth-order valence-electron chi connectivity index (χ4n) is 3.43. The Bertz CT molecular complexity index is 209. The smallest absolute Gasteiger partial charge is 0.00671 e. The van der Waals surface area contributed by atoms with Gasteiger partial charge < -0.3 is 5.32 Å². The van der Waals surface area contributed by atoms with Gasteiger partial charge in [0.05, 0.1) is 0 Å². The van der Waals surface area contributed by atoms with E-state index < -0.39 is 0 Å². The summed E-state index contributed by atoms with van der Waals surface area (Å²) >= 11 is 0. The Labute approximate surface area is 95.0 Å². The van der Waals surface area contributed by atoms with Gasteiger partial charge in [-0.15, -0.1) is 0 Å². The van der Waals surface area contributed by atoms with Gasteiger partial charge in [0.15, 0.2) is 0 Å². The fraction of sp³-hybridized carbons (Fsp3) is 1.00. The monoisotopic (exact) mass is 209 g/mol. The molecule has 2 rings (SSSR count). The lowest BCUT2D eigenvalue weighted by atomic mass is 9.95. The molecular weight excluding hydrogens is 182 g/mol. The molecule has 88 valence electrons. The summed E-state index contributed by atoms with van der Waals surface area (Å²) in [6, 6.07) is 0.825. The molecule has 0 amide bonds. The third-order valence-electron chi connectivity index (χ3n) is 5.54. The average Bonchev–Trinajstić information content (AvgIpc) is 2.57. The molecular formula is C14H27N. The first-order valence-electron chi connectivity index (χ1n) is 6.69. The lowest BCUT2D eigenvalue weighted by Gasteiger charge is -2.23. The maximum absolute atomic E-state index is 3.79. The van der Waals surface area contributed by atoms with E-state index in [0.29, 0.717) is 10.8 Å². The number of hydrogen-bond acceptors (Lipinski definition) is 1. The van der Waals surface area contributed by atoms with Gasteiger partial charge in [0.2, 0.25) is 0 Å². The van der Waals surface area contributed by atoms with Crippen molar-refractivity contribution >= 4 is 0 Å². The topological polar surface area (TPSA) is 12.0 Å². The van der Waals surface area contributed by atoms with Crippen LogP contribution in [-0.4, -0.2) is 12.6 Å². The first-order valence-corrected chi connectivity index (χ1v) is 6.69. The molecule has 0 aromatic rings. The van der Waals surface area contributed by atoms with Crippen LogP contribution in [0.25, 0.3) is 0 Å². The van der Waals surface area contributed by atoms with Crippen molar-refractivity contribution in [2.24, 2.45) is 16.7 Å². The number of hydrogen-bond donors (Lipinski definition) is 1. The largest absolute Gasteiger partial charge is 0.314 e. The predicted molar refractivity (Wildman–Crippen MR) is 65.9 cm³/mol. The summed E-state index contributed by atoms with van der Waals surface area (Å²) in [5, 5.41) is 3.79. The zero-order valence-electron chi connectivity index (χ0n) is 10.9. The molecule has 0 radical (unpaired) electrons. The molecule has 1 heteroatoms. The summed E-state index contributed by atoms with van der Waals surface area (Å²) in [5.41, 5.74) is 1.10. The van der Waals surface area contributed by atoms with Crippen molar-refractivity contribution in [1.29, 1.82) is 0 Å². The van der Waals surface area contributed by atoms with Gasteiger partial charge in [0.25, 0.3) is 0 Å². The van der Waals surface area contributed by atoms with E-state index in [1.165, 1.54) is 38.6 Å². The highest BCUT2D eigenvalue weighted by atomic mass is 14.9. The lowest BCUT2D eigenvalue weighted by Crippen LogP contribution is -2.33. The number of rotatable bonds is 3. The lowest BCUT2D eigenvalue weighted by molar-refractivity contribution is 0.358. The molecule has 0 spiro atoms. The van der Waals surface area contributed by atoms with Crippen LogP contribution in [0.2, 0.25) is 0 Å². The molecule has 0 saturated heterocycles. The highest BCUT2D eigenvalue weighted by molar-refractivity contribution is 5.12. The van der Waals surface area contributed by atoms with E-state index in [1.807, 2.05) is 0 Å². The molecule has 1 nitrogen and oxygen atoms in total. The van der Waals surface area contributed by atoms with Crippen molar-refractivity contribution < 1.29 is 0 Å². The van der Waals surface area contributed by atoms with Gasteiger partial charge in [-0.1, -0.05) is 47.0 Å². The molecule has 0 aromatic heterocycles. The third kappa shape index (κ3) is 1.95. The highest BCUT2D eigenvalue weighted by Crippen LogP contribution is 2.67. The van der Waals surface area contributed by atoms with Gasteiger partial charge in [-0.3, -0.25) is 0 Å². The maximum Gasteiger partial charge on any atom is 0.00671 e. The van der Waals surface area contributed by atoms with Crippen LogP contribution in [0, 0.1) is 16.7 Å². The summed E-state index contributed by atoms with van der Waals surface area (Å²) in [6.45, 7) is 10.9. The van der Waals surface area contributed by atoms with Crippen LogP contribution in [-0.2, 0) is 0 Å². The fourth-order valence-corrected chi connectivity index (χ4v) is 3.43. The van der Waals surface area contributed by atoms with Crippen LogP contribution in [0.1, 0.15) is 59.8 Å². The molecule has 0 atom stereocenters. The van der Waals surface area contributed by atoms with Crippen molar-refractivity contribution in [3.63, 3.8) is 0 Å². The molecule has 2 aliphatic rings. The molecule has 2 saturated carbocycles. The van der Waals surface area contributed by atoms with Crippen molar-refractivity contribution in [2.45, 2.75) is 65.8 Å². The van der Waals surface area contributed by atoms with Gasteiger partial charge in [0, 0.05) is 6.04 Å². The van der Waals surface area contributed by atoms with Crippen LogP contribution in [0.5, 0.6) is 0 Å². The van der Waals surface area contributed by atoms with Gasteiger partial charge in [-0.25, -0.2) is 0 Å². The van der Waals surface area contributed by atoms with E-state index >= 15 is 0 Å². The van der Waals surface area contributed by atoms with Crippen LogP contribution in [0.4, 0.5) is 0 Å². The summed E-state index contributed by atoms with van der Waals surface area (Å²) in [6.07, 6.45) is 7.16. The SMILES string of the molecule is CC1(C)C(CNC2CCCCC2)C1(C)C. The Morgan fingerprint density at radius 3 is 1.93 bits per heavy atom. The molecule has 1 N–H and O–H groups in total. The summed E-state index contributed by atoms with van der Waals surface area (Å²) < 4.78 is 0. The molecule has 2 fully saturated rings. The van der Waals surface area contributed by atoms with Crippen molar-refractivity contribution in [1.82, 2.24) is 5.32 Å². The van der Waals surface area contributed by atoms with Crippen molar-refractivity contribution in [3.05, 3.63) is 0 Å². The van der Waals surface area contributed by atoms with E-state index in [2.05, 4.69) is 33.0 Å². The predicted octanol–water partition coefficient (Wildman–Crippen LogP) is 3.59. The van der Waals surface area contributed by atoms with Crippen LogP contribution < -0.4 is 5.32 Å². The van der Waals surface area contributed by atoms with E-state index in [4.69, 9.17) is 0 Å². The minimum atomic E-state index is 0.550. The van der Waals surface area contributed by atoms with Gasteiger partial charge in [-0.05, 0) is 36.1 Å². The first kappa shape index (κ1) is 11.4. The van der Waals surface area contributed by atoms with Gasteiger partial charge in [0.1, 0.15) is 0 Å². The standard InChI is InChI=1S/C14H27N/c1-13(2)12(14(13,3)4)10-15-11-8-6-5-7-9-11/h11-12,15H,5-10H2,1-4H3. The Kier molecular flexibility index (Phi) is 2.87. The third-order valence-corrected chi connectivity index (χ3v) is 5.54. The van der Waals surface area contributed by atoms with E-state index in [-0.39, 0.29) is 0 Å². The second-order valence-corrected chi connectivity index (χ2v) is 6.74. The molecule has 0 heterocycles. The average molecular weight is 209 g/mol. The van der Waals surface area contributed by atoms with Gasteiger partial charge in [-0.2, -0.15) is 0 Å². The Morgan fingerprint density at radius 1 is 0.933 bits per heavy atom. The molecule has 15 heavy (non-hydrogen) atoms. The molecule has 0 bridgehead atoms. The zero-order chi connectivity index (χ0) is 11.1. The van der Waals surface area contributed by atoms with E-state index in [0.717, 1.165) is 12.0 Å². The Balaban J connectivity index is 1.75. The molecule has 2 aliphatic carbocycles. The summed E-state index contributed by atoms with van der Waals surface area (Å²) in [5.74, 6) is 0.881. The Hall–Kier alpha value is -0.0400. The van der Waals surface area contributed by atoms with Gasteiger partial charge >= 0.3 is 0 Å². The molecule has 0 unspecified atom stereocenters. The second kappa shape index (κ2) is 3.76. The summed E-state index contributed by atoms with van der Waals surface area (Å²) in [4.78, 5) is 0. The molecule has 0 aromatic carbocycles. The summed E-state index contributed by atoms with van der Waals surface area (Å²) in [7, 11) is 0.